The van der Waals surface area contributed by atoms with Crippen LogP contribution in [0.5, 0.6) is 0 Å². The van der Waals surface area contributed by atoms with Crippen molar-refractivity contribution in [2.75, 3.05) is 6.54 Å². The first kappa shape index (κ1) is 14.7. The van der Waals surface area contributed by atoms with E-state index in [1.54, 1.807) is 0 Å². The summed E-state index contributed by atoms with van der Waals surface area (Å²) in [5, 5.41) is 8.75. The second kappa shape index (κ2) is 7.13. The van der Waals surface area contributed by atoms with Crippen molar-refractivity contribution >= 4 is 11.8 Å². The smallest absolute Gasteiger partial charge is 0.241 e. The lowest BCUT2D eigenvalue weighted by Gasteiger charge is -2.22. The molecule has 0 saturated heterocycles. The standard InChI is InChI=1S/C13H16N4O2/c14-6-7-17(9-10-4-2-1-3-5-10)13(19)11(15)8-12(16)18/h1-5,11H,7-9,15H2,(H2,16,18). The number of benzene rings is 1. The highest BCUT2D eigenvalue weighted by atomic mass is 16.2. The summed E-state index contributed by atoms with van der Waals surface area (Å²) in [5.74, 6) is -1.10. The first-order valence-electron chi connectivity index (χ1n) is 5.78. The number of hydrogen-bond donors (Lipinski definition) is 2. The summed E-state index contributed by atoms with van der Waals surface area (Å²) in [6.45, 7) is 0.194. The molecule has 0 saturated carbocycles. The minimum absolute atomic E-state index is 0.0831. The number of carbonyl (C=O) groups is 2. The maximum Gasteiger partial charge on any atom is 0.241 e. The predicted octanol–water partition coefficient (Wildman–Crippen LogP) is -0.259. The minimum Gasteiger partial charge on any atom is -0.370 e. The topological polar surface area (TPSA) is 113 Å². The molecule has 0 fully saturated rings. The Bertz CT molecular complexity index is 481. The largest absolute Gasteiger partial charge is 0.370 e. The molecule has 4 N–H and O–H groups in total. The maximum absolute atomic E-state index is 12.0. The van der Waals surface area contributed by atoms with Gasteiger partial charge in [0, 0.05) is 6.54 Å². The fourth-order valence-corrected chi connectivity index (χ4v) is 1.64. The normalized spacial score (nSPS) is 11.4. The molecule has 19 heavy (non-hydrogen) atoms. The van der Waals surface area contributed by atoms with E-state index in [4.69, 9.17) is 16.7 Å². The molecular weight excluding hydrogens is 244 g/mol. The molecule has 1 aromatic carbocycles. The Morgan fingerprint density at radius 2 is 1.95 bits per heavy atom. The summed E-state index contributed by atoms with van der Waals surface area (Å²) >= 11 is 0. The van der Waals surface area contributed by atoms with E-state index in [1.165, 1.54) is 4.90 Å². The average molecular weight is 260 g/mol. The van der Waals surface area contributed by atoms with Crippen LogP contribution in [0.2, 0.25) is 0 Å². The van der Waals surface area contributed by atoms with Gasteiger partial charge in [0.05, 0.1) is 18.5 Å². The van der Waals surface area contributed by atoms with Crippen LogP contribution >= 0.6 is 0 Å². The number of carbonyl (C=O) groups excluding carboxylic acids is 2. The molecule has 0 radical (unpaired) electrons. The quantitative estimate of drug-likeness (QED) is 0.686. The van der Waals surface area contributed by atoms with Crippen molar-refractivity contribution in [1.82, 2.24) is 4.90 Å². The van der Waals surface area contributed by atoms with Crippen LogP contribution in [0.4, 0.5) is 0 Å². The highest BCUT2D eigenvalue weighted by molar-refractivity contribution is 5.87. The lowest BCUT2D eigenvalue weighted by atomic mass is 10.1. The van der Waals surface area contributed by atoms with Crippen LogP contribution in [-0.2, 0) is 16.1 Å². The molecule has 100 valence electrons. The van der Waals surface area contributed by atoms with Gasteiger partial charge in [-0.05, 0) is 5.56 Å². The Morgan fingerprint density at radius 1 is 1.32 bits per heavy atom. The number of amides is 2. The van der Waals surface area contributed by atoms with Gasteiger partial charge in [0.25, 0.3) is 0 Å². The van der Waals surface area contributed by atoms with Crippen LogP contribution < -0.4 is 11.5 Å². The van der Waals surface area contributed by atoms with Gasteiger partial charge < -0.3 is 16.4 Å². The van der Waals surface area contributed by atoms with E-state index in [0.717, 1.165) is 5.56 Å². The number of primary amides is 1. The van der Waals surface area contributed by atoms with Gasteiger partial charge in [0.1, 0.15) is 6.54 Å². The van der Waals surface area contributed by atoms with Crippen molar-refractivity contribution in [3.63, 3.8) is 0 Å². The van der Waals surface area contributed by atoms with E-state index in [1.807, 2.05) is 36.4 Å². The van der Waals surface area contributed by atoms with Crippen molar-refractivity contribution in [1.29, 1.82) is 5.26 Å². The van der Waals surface area contributed by atoms with E-state index >= 15 is 0 Å². The van der Waals surface area contributed by atoms with Crippen molar-refractivity contribution < 1.29 is 9.59 Å². The minimum atomic E-state index is -1.01. The van der Waals surface area contributed by atoms with Crippen molar-refractivity contribution in [3.05, 3.63) is 35.9 Å². The van der Waals surface area contributed by atoms with Gasteiger partial charge in [-0.2, -0.15) is 5.26 Å². The Labute approximate surface area is 111 Å². The SMILES string of the molecule is N#CCN(Cc1ccccc1)C(=O)C(N)CC(N)=O. The van der Waals surface area contributed by atoms with Crippen molar-refractivity contribution in [2.45, 2.75) is 19.0 Å². The number of nitrogens with two attached hydrogens (primary N) is 2. The van der Waals surface area contributed by atoms with E-state index in [0.29, 0.717) is 0 Å². The van der Waals surface area contributed by atoms with Crippen LogP contribution in [-0.4, -0.2) is 29.3 Å². The van der Waals surface area contributed by atoms with Crippen LogP contribution in [0.1, 0.15) is 12.0 Å². The third-order valence-electron chi connectivity index (χ3n) is 2.53. The molecule has 0 aromatic heterocycles. The molecule has 1 rings (SSSR count). The van der Waals surface area contributed by atoms with Crippen LogP contribution in [0.25, 0.3) is 0 Å². The molecule has 0 aliphatic carbocycles. The highest BCUT2D eigenvalue weighted by Crippen LogP contribution is 2.06. The molecule has 1 unspecified atom stereocenters. The van der Waals surface area contributed by atoms with Crippen LogP contribution in [0.3, 0.4) is 0 Å². The number of nitrogens with zero attached hydrogens (tertiary/aromatic N) is 2. The monoisotopic (exact) mass is 260 g/mol. The predicted molar refractivity (Wildman–Crippen MR) is 69.3 cm³/mol. The van der Waals surface area contributed by atoms with Gasteiger partial charge >= 0.3 is 0 Å². The first-order chi connectivity index (χ1) is 9.04. The molecule has 1 atom stereocenters. The second-order valence-corrected chi connectivity index (χ2v) is 4.11. The fraction of sp³-hybridized carbons (Fsp3) is 0.308. The summed E-state index contributed by atoms with van der Waals surface area (Å²) in [6.07, 6.45) is -0.227. The molecule has 1 aromatic rings. The van der Waals surface area contributed by atoms with Crippen LogP contribution in [0.15, 0.2) is 30.3 Å². The number of hydrogen-bond acceptors (Lipinski definition) is 4. The van der Waals surface area contributed by atoms with E-state index in [2.05, 4.69) is 0 Å². The number of rotatable bonds is 6. The molecule has 0 heterocycles. The summed E-state index contributed by atoms with van der Waals surface area (Å²) in [6, 6.07) is 10.1. The zero-order valence-corrected chi connectivity index (χ0v) is 10.5. The van der Waals surface area contributed by atoms with Crippen LogP contribution in [0, 0.1) is 11.3 Å². The third kappa shape index (κ3) is 4.77. The Morgan fingerprint density at radius 3 is 2.47 bits per heavy atom. The van der Waals surface area contributed by atoms with Crippen molar-refractivity contribution in [2.24, 2.45) is 11.5 Å². The number of nitriles is 1. The lowest BCUT2D eigenvalue weighted by molar-refractivity contribution is -0.134. The average Bonchev–Trinajstić information content (AvgIpc) is 2.38. The Kier molecular flexibility index (Phi) is 5.51. The zero-order chi connectivity index (χ0) is 14.3. The van der Waals surface area contributed by atoms with Gasteiger partial charge in [-0.15, -0.1) is 0 Å². The first-order valence-corrected chi connectivity index (χ1v) is 5.78. The Balaban J connectivity index is 2.74. The zero-order valence-electron chi connectivity index (χ0n) is 10.5. The molecule has 6 heteroatoms. The molecule has 0 bridgehead atoms. The lowest BCUT2D eigenvalue weighted by Crippen LogP contribution is -2.45. The second-order valence-electron chi connectivity index (χ2n) is 4.11. The highest BCUT2D eigenvalue weighted by Gasteiger charge is 2.22. The van der Waals surface area contributed by atoms with Crippen molar-refractivity contribution in [3.8, 4) is 6.07 Å². The molecule has 0 aliphatic rings. The van der Waals surface area contributed by atoms with Gasteiger partial charge in [0.2, 0.25) is 11.8 Å². The molecule has 6 nitrogen and oxygen atoms in total. The molecule has 2 amide bonds. The van der Waals surface area contributed by atoms with E-state index in [9.17, 15) is 9.59 Å². The fourth-order valence-electron chi connectivity index (χ4n) is 1.64. The molecule has 0 spiro atoms. The van der Waals surface area contributed by atoms with Gasteiger partial charge in [-0.1, -0.05) is 30.3 Å². The van der Waals surface area contributed by atoms with E-state index < -0.39 is 17.9 Å². The molecular formula is C13H16N4O2. The van der Waals surface area contributed by atoms with E-state index in [-0.39, 0.29) is 19.5 Å². The summed E-state index contributed by atoms with van der Waals surface area (Å²) in [5.41, 5.74) is 11.5. The maximum atomic E-state index is 12.0. The summed E-state index contributed by atoms with van der Waals surface area (Å²) in [4.78, 5) is 24.1. The molecule has 0 aliphatic heterocycles. The van der Waals surface area contributed by atoms with Gasteiger partial charge in [-0.3, -0.25) is 9.59 Å². The summed E-state index contributed by atoms with van der Waals surface area (Å²) in [7, 11) is 0. The van der Waals surface area contributed by atoms with Gasteiger partial charge in [-0.25, -0.2) is 0 Å². The summed E-state index contributed by atoms with van der Waals surface area (Å²) < 4.78 is 0. The van der Waals surface area contributed by atoms with Gasteiger partial charge in [0.15, 0.2) is 0 Å². The third-order valence-corrected chi connectivity index (χ3v) is 2.53. The Hall–Kier alpha value is -2.39.